The van der Waals surface area contributed by atoms with Crippen molar-refractivity contribution in [2.45, 2.75) is 12.8 Å². The summed E-state index contributed by atoms with van der Waals surface area (Å²) in [6, 6.07) is 0. The number of hydrogen-bond acceptors (Lipinski definition) is 5. The number of nitrogens with one attached hydrogen (secondary N) is 1. The Hall–Kier alpha value is -1.72. The van der Waals surface area contributed by atoms with Gasteiger partial charge in [0.1, 0.15) is 12.4 Å². The van der Waals surface area contributed by atoms with Crippen LogP contribution < -0.4 is 5.32 Å². The highest BCUT2D eigenvalue weighted by Gasteiger charge is 2.21. The zero-order valence-corrected chi connectivity index (χ0v) is 7.51. The number of anilines is 1. The molecule has 6 nitrogen and oxygen atoms in total. The van der Waals surface area contributed by atoms with Crippen molar-refractivity contribution >= 4 is 11.6 Å². The lowest BCUT2D eigenvalue weighted by Gasteiger charge is -2.01. The number of nitro groups is 1. The summed E-state index contributed by atoms with van der Waals surface area (Å²) in [4.78, 5) is 17.5. The first-order chi connectivity index (χ1) is 6.75. The van der Waals surface area contributed by atoms with Gasteiger partial charge in [-0.25, -0.2) is 9.97 Å². The van der Waals surface area contributed by atoms with Crippen molar-refractivity contribution < 1.29 is 4.92 Å². The molecule has 1 aliphatic rings. The zero-order valence-electron chi connectivity index (χ0n) is 7.51. The third-order valence-electron chi connectivity index (χ3n) is 2.09. The number of hydrogen-bond donors (Lipinski definition) is 1. The van der Waals surface area contributed by atoms with Crippen LogP contribution in [-0.2, 0) is 0 Å². The monoisotopic (exact) mass is 194 g/mol. The van der Waals surface area contributed by atoms with Crippen molar-refractivity contribution in [1.82, 2.24) is 9.97 Å². The third-order valence-corrected chi connectivity index (χ3v) is 2.09. The molecule has 1 aromatic heterocycles. The summed E-state index contributed by atoms with van der Waals surface area (Å²) < 4.78 is 0. The van der Waals surface area contributed by atoms with Crippen LogP contribution in [0.1, 0.15) is 12.8 Å². The van der Waals surface area contributed by atoms with E-state index in [1.807, 2.05) is 0 Å². The van der Waals surface area contributed by atoms with Crippen molar-refractivity contribution in [1.29, 1.82) is 0 Å². The van der Waals surface area contributed by atoms with E-state index in [9.17, 15) is 10.1 Å². The molecule has 0 bridgehead atoms. The number of aromatic nitrogens is 2. The first kappa shape index (κ1) is 8.86. The fourth-order valence-electron chi connectivity index (χ4n) is 1.06. The molecule has 0 spiro atoms. The molecule has 1 aromatic rings. The molecule has 74 valence electrons. The summed E-state index contributed by atoms with van der Waals surface area (Å²) in [7, 11) is 0. The Balaban J connectivity index is 1.94. The van der Waals surface area contributed by atoms with Gasteiger partial charge in [-0.2, -0.15) is 0 Å². The molecule has 1 N–H and O–H groups in total. The van der Waals surface area contributed by atoms with Gasteiger partial charge in [-0.3, -0.25) is 10.1 Å². The SMILES string of the molecule is O=[N+]([O-])c1cnc(NCC2CC2)nc1. The fraction of sp³-hybridized carbons (Fsp3) is 0.500. The summed E-state index contributed by atoms with van der Waals surface area (Å²) in [5.74, 6) is 1.19. The molecular weight excluding hydrogens is 184 g/mol. The largest absolute Gasteiger partial charge is 0.354 e. The van der Waals surface area contributed by atoms with Crippen LogP contribution in [0.3, 0.4) is 0 Å². The Morgan fingerprint density at radius 2 is 2.14 bits per heavy atom. The quantitative estimate of drug-likeness (QED) is 0.575. The Morgan fingerprint density at radius 3 is 2.64 bits per heavy atom. The highest BCUT2D eigenvalue weighted by atomic mass is 16.6. The van der Waals surface area contributed by atoms with Crippen LogP contribution in [0.15, 0.2) is 12.4 Å². The molecular formula is C8H10N4O2. The van der Waals surface area contributed by atoms with Gasteiger partial charge in [0.2, 0.25) is 5.95 Å². The minimum absolute atomic E-state index is 0.0815. The molecule has 0 radical (unpaired) electrons. The van der Waals surface area contributed by atoms with E-state index in [1.54, 1.807) is 0 Å². The minimum Gasteiger partial charge on any atom is -0.354 e. The Kier molecular flexibility index (Phi) is 2.26. The maximum Gasteiger partial charge on any atom is 0.305 e. The second kappa shape index (κ2) is 3.57. The molecule has 1 aliphatic carbocycles. The summed E-state index contributed by atoms with van der Waals surface area (Å²) in [6.07, 6.45) is 4.92. The van der Waals surface area contributed by atoms with Crippen LogP contribution in [0.2, 0.25) is 0 Å². The molecule has 2 rings (SSSR count). The predicted molar refractivity (Wildman–Crippen MR) is 49.9 cm³/mol. The van der Waals surface area contributed by atoms with Crippen LogP contribution in [0.25, 0.3) is 0 Å². The molecule has 1 saturated carbocycles. The van der Waals surface area contributed by atoms with Crippen LogP contribution in [0.5, 0.6) is 0 Å². The van der Waals surface area contributed by atoms with Crippen molar-refractivity contribution in [2.24, 2.45) is 5.92 Å². The smallest absolute Gasteiger partial charge is 0.305 e. The maximum atomic E-state index is 10.3. The first-order valence-corrected chi connectivity index (χ1v) is 4.46. The Labute approximate surface area is 80.5 Å². The van der Waals surface area contributed by atoms with E-state index in [1.165, 1.54) is 25.2 Å². The number of nitrogens with zero attached hydrogens (tertiary/aromatic N) is 3. The van der Waals surface area contributed by atoms with Crippen molar-refractivity contribution in [3.8, 4) is 0 Å². The van der Waals surface area contributed by atoms with Gasteiger partial charge in [0.15, 0.2) is 0 Å². The van der Waals surface area contributed by atoms with E-state index in [2.05, 4.69) is 15.3 Å². The van der Waals surface area contributed by atoms with Gasteiger partial charge in [-0.1, -0.05) is 0 Å². The van der Waals surface area contributed by atoms with E-state index in [4.69, 9.17) is 0 Å². The van der Waals surface area contributed by atoms with Gasteiger partial charge < -0.3 is 5.32 Å². The molecule has 0 unspecified atom stereocenters. The average molecular weight is 194 g/mol. The minimum atomic E-state index is -0.509. The van der Waals surface area contributed by atoms with E-state index in [0.717, 1.165) is 12.5 Å². The molecule has 14 heavy (non-hydrogen) atoms. The van der Waals surface area contributed by atoms with Crippen molar-refractivity contribution in [3.63, 3.8) is 0 Å². The fourth-order valence-corrected chi connectivity index (χ4v) is 1.06. The van der Waals surface area contributed by atoms with Crippen LogP contribution in [0.4, 0.5) is 11.6 Å². The standard InChI is InChI=1S/C8H10N4O2/c13-12(14)7-4-10-8(11-5-7)9-3-6-1-2-6/h4-6H,1-3H2,(H,9,10,11). The Morgan fingerprint density at radius 1 is 1.50 bits per heavy atom. The van der Waals surface area contributed by atoms with Crippen molar-refractivity contribution in [3.05, 3.63) is 22.5 Å². The molecule has 6 heteroatoms. The van der Waals surface area contributed by atoms with Gasteiger partial charge in [0.25, 0.3) is 0 Å². The zero-order chi connectivity index (χ0) is 9.97. The summed E-state index contributed by atoms with van der Waals surface area (Å²) in [5.41, 5.74) is -0.0815. The van der Waals surface area contributed by atoms with Gasteiger partial charge in [-0.15, -0.1) is 0 Å². The molecule has 1 fully saturated rings. The first-order valence-electron chi connectivity index (χ1n) is 4.46. The second-order valence-electron chi connectivity index (χ2n) is 3.35. The summed E-state index contributed by atoms with van der Waals surface area (Å²) in [6.45, 7) is 0.859. The topological polar surface area (TPSA) is 81.0 Å². The molecule has 0 aliphatic heterocycles. The highest BCUT2D eigenvalue weighted by Crippen LogP contribution is 2.28. The lowest BCUT2D eigenvalue weighted by molar-refractivity contribution is -0.385. The van der Waals surface area contributed by atoms with E-state index in [0.29, 0.717) is 5.95 Å². The van der Waals surface area contributed by atoms with Gasteiger partial charge in [0, 0.05) is 6.54 Å². The van der Waals surface area contributed by atoms with E-state index < -0.39 is 4.92 Å². The molecule has 1 heterocycles. The van der Waals surface area contributed by atoms with Crippen molar-refractivity contribution in [2.75, 3.05) is 11.9 Å². The Bertz CT molecular complexity index is 334. The van der Waals surface area contributed by atoms with E-state index in [-0.39, 0.29) is 5.69 Å². The normalized spacial score (nSPS) is 15.1. The third kappa shape index (κ3) is 2.15. The maximum absolute atomic E-state index is 10.3. The molecule has 0 amide bonds. The van der Waals surface area contributed by atoms with Gasteiger partial charge in [0.05, 0.1) is 4.92 Å². The predicted octanol–water partition coefficient (Wildman–Crippen LogP) is 1.21. The van der Waals surface area contributed by atoms with Gasteiger partial charge in [-0.05, 0) is 18.8 Å². The molecule has 0 atom stereocenters. The van der Waals surface area contributed by atoms with Gasteiger partial charge >= 0.3 is 5.69 Å². The molecule has 0 aromatic carbocycles. The van der Waals surface area contributed by atoms with E-state index >= 15 is 0 Å². The van der Waals surface area contributed by atoms with Crippen LogP contribution >= 0.6 is 0 Å². The lowest BCUT2D eigenvalue weighted by Crippen LogP contribution is -2.06. The lowest BCUT2D eigenvalue weighted by atomic mass is 10.4. The number of rotatable bonds is 4. The van der Waals surface area contributed by atoms with Crippen LogP contribution in [-0.4, -0.2) is 21.4 Å². The molecule has 0 saturated heterocycles. The summed E-state index contributed by atoms with van der Waals surface area (Å²) in [5, 5.41) is 13.3. The highest BCUT2D eigenvalue weighted by molar-refractivity contribution is 5.30. The average Bonchev–Trinajstić information content (AvgIpc) is 2.99. The summed E-state index contributed by atoms with van der Waals surface area (Å²) >= 11 is 0. The van der Waals surface area contributed by atoms with Crippen LogP contribution in [0, 0.1) is 16.0 Å². The second-order valence-corrected chi connectivity index (χ2v) is 3.35.